The molecular weight excluding hydrogens is 273 g/mol. The van der Waals surface area contributed by atoms with Gasteiger partial charge in [0.2, 0.25) is 0 Å². The molecule has 0 N–H and O–H groups in total. The molecule has 0 aromatic carbocycles. The molecule has 0 spiro atoms. The van der Waals surface area contributed by atoms with E-state index < -0.39 is 0 Å². The molecule has 0 aliphatic heterocycles. The van der Waals surface area contributed by atoms with Gasteiger partial charge >= 0.3 is 0 Å². The summed E-state index contributed by atoms with van der Waals surface area (Å²) < 4.78 is 0. The maximum absolute atomic E-state index is 4.65. The van der Waals surface area contributed by atoms with Crippen LogP contribution in [0.4, 0.5) is 0 Å². The summed E-state index contributed by atoms with van der Waals surface area (Å²) in [6, 6.07) is 0.441. The van der Waals surface area contributed by atoms with Crippen molar-refractivity contribution in [2.45, 2.75) is 72.1 Å². The van der Waals surface area contributed by atoms with E-state index in [0.717, 1.165) is 12.8 Å². The molecule has 0 aliphatic rings. The second-order valence-electron chi connectivity index (χ2n) is 4.60. The Hall–Kier alpha value is 1.02. The predicted octanol–water partition coefficient (Wildman–Crippen LogP) is 4.96. The summed E-state index contributed by atoms with van der Waals surface area (Å²) >= 11 is 0. The molecule has 2 atom stereocenters. The standard InChI is InChI=1S/C11H24N2.2CH3.Y/c1-7-9(3)12-10(8-2)13-11(4,5)6;;;/h9-10H,7-8H2,1-6H3;2*1H3;/q-2;2*-1;. The summed E-state index contributed by atoms with van der Waals surface area (Å²) in [6.45, 7) is 12.8. The average molecular weight is 303 g/mol. The molecular formula is C13H30N2Y-4. The van der Waals surface area contributed by atoms with Gasteiger partial charge in [-0.1, -0.05) is 54.4 Å². The van der Waals surface area contributed by atoms with Crippen molar-refractivity contribution in [3.05, 3.63) is 25.5 Å². The number of hydrogen-bond acceptors (Lipinski definition) is 0. The first kappa shape index (κ1) is 25.8. The minimum Gasteiger partial charge on any atom is -0.675 e. The van der Waals surface area contributed by atoms with E-state index in [1.54, 1.807) is 0 Å². The Morgan fingerprint density at radius 1 is 1.00 bits per heavy atom. The Bertz CT molecular complexity index is 132. The van der Waals surface area contributed by atoms with E-state index in [1.165, 1.54) is 0 Å². The fraction of sp³-hybridized carbons (Fsp3) is 0.846. The fourth-order valence-corrected chi connectivity index (χ4v) is 1.08. The van der Waals surface area contributed by atoms with Crippen LogP contribution < -0.4 is 0 Å². The third kappa shape index (κ3) is 15.0. The van der Waals surface area contributed by atoms with E-state index in [2.05, 4.69) is 52.2 Å². The Morgan fingerprint density at radius 2 is 1.44 bits per heavy atom. The first-order valence-electron chi connectivity index (χ1n) is 5.31. The van der Waals surface area contributed by atoms with Gasteiger partial charge in [0.1, 0.15) is 0 Å². The second kappa shape index (κ2) is 12.5. The second-order valence-corrected chi connectivity index (χ2v) is 4.60. The minimum absolute atomic E-state index is 0. The molecule has 0 rings (SSSR count). The SMILES string of the molecule is CCC(C)[N-]C(CC)[N-]C(C)(C)C.[CH3-].[CH3-].[Y]. The normalized spacial score (nSPS) is 13.9. The van der Waals surface area contributed by atoms with Crippen LogP contribution in [-0.4, -0.2) is 17.7 Å². The Labute approximate surface area is 130 Å². The molecule has 0 bridgehead atoms. The van der Waals surface area contributed by atoms with Crippen LogP contribution in [0.3, 0.4) is 0 Å². The molecule has 0 amide bonds. The molecule has 0 fully saturated rings. The van der Waals surface area contributed by atoms with Crippen LogP contribution in [0.25, 0.3) is 10.6 Å². The molecule has 0 aliphatic carbocycles. The summed E-state index contributed by atoms with van der Waals surface area (Å²) in [7, 11) is 0. The van der Waals surface area contributed by atoms with Gasteiger partial charge in [-0.25, -0.2) is 6.17 Å². The molecule has 1 radical (unpaired) electrons. The smallest absolute Gasteiger partial charge is 0 e. The van der Waals surface area contributed by atoms with Crippen molar-refractivity contribution in [1.29, 1.82) is 0 Å². The zero-order valence-corrected chi connectivity index (χ0v) is 15.4. The van der Waals surface area contributed by atoms with Gasteiger partial charge in [0.05, 0.1) is 0 Å². The first-order chi connectivity index (χ1) is 5.89. The third-order valence-electron chi connectivity index (χ3n) is 1.92. The quantitative estimate of drug-likeness (QED) is 0.642. The van der Waals surface area contributed by atoms with Crippen LogP contribution >= 0.6 is 0 Å². The molecule has 99 valence electrons. The topological polar surface area (TPSA) is 28.2 Å². The van der Waals surface area contributed by atoms with Crippen LogP contribution in [0.15, 0.2) is 0 Å². The van der Waals surface area contributed by atoms with Gasteiger partial charge in [-0.15, -0.1) is 11.6 Å². The van der Waals surface area contributed by atoms with Gasteiger partial charge in [0.15, 0.2) is 0 Å². The number of nitrogens with zero attached hydrogens (tertiary/aromatic N) is 2. The fourth-order valence-electron chi connectivity index (χ4n) is 1.08. The van der Waals surface area contributed by atoms with E-state index in [1.807, 2.05) is 0 Å². The maximum atomic E-state index is 4.65. The van der Waals surface area contributed by atoms with Crippen LogP contribution in [0, 0.1) is 14.9 Å². The van der Waals surface area contributed by atoms with E-state index in [9.17, 15) is 0 Å². The Kier molecular flexibility index (Phi) is 20.1. The third-order valence-corrected chi connectivity index (χ3v) is 1.92. The van der Waals surface area contributed by atoms with Crippen molar-refractivity contribution in [2.24, 2.45) is 0 Å². The molecule has 0 saturated carbocycles. The Morgan fingerprint density at radius 3 is 1.69 bits per heavy atom. The van der Waals surface area contributed by atoms with Crippen LogP contribution in [0.2, 0.25) is 0 Å². The maximum Gasteiger partial charge on any atom is 0 e. The van der Waals surface area contributed by atoms with E-state index in [0.29, 0.717) is 6.04 Å². The van der Waals surface area contributed by atoms with Crippen LogP contribution in [-0.2, 0) is 32.7 Å². The summed E-state index contributed by atoms with van der Waals surface area (Å²) in [4.78, 5) is 0. The van der Waals surface area contributed by atoms with Gasteiger partial charge in [-0.05, 0) is 0 Å². The molecule has 0 aromatic rings. The molecule has 2 nitrogen and oxygen atoms in total. The molecule has 2 unspecified atom stereocenters. The number of hydrogen-bond donors (Lipinski definition) is 0. The van der Waals surface area contributed by atoms with Gasteiger partial charge in [0, 0.05) is 32.7 Å². The van der Waals surface area contributed by atoms with Crippen LogP contribution in [0.1, 0.15) is 54.4 Å². The van der Waals surface area contributed by atoms with Crippen molar-refractivity contribution in [1.82, 2.24) is 0 Å². The van der Waals surface area contributed by atoms with Gasteiger partial charge < -0.3 is 25.5 Å². The zero-order valence-electron chi connectivity index (χ0n) is 12.5. The summed E-state index contributed by atoms with van der Waals surface area (Å²) in [6.07, 6.45) is 2.31. The van der Waals surface area contributed by atoms with Crippen molar-refractivity contribution >= 4 is 0 Å². The number of rotatable bonds is 5. The van der Waals surface area contributed by atoms with Crippen molar-refractivity contribution < 1.29 is 32.7 Å². The predicted molar refractivity (Wildman–Crippen MR) is 73.1 cm³/mol. The molecule has 16 heavy (non-hydrogen) atoms. The van der Waals surface area contributed by atoms with E-state index >= 15 is 0 Å². The van der Waals surface area contributed by atoms with Crippen molar-refractivity contribution in [2.75, 3.05) is 0 Å². The van der Waals surface area contributed by atoms with Crippen molar-refractivity contribution in [3.63, 3.8) is 0 Å². The Balaban J connectivity index is -0.000000240. The molecule has 3 heteroatoms. The summed E-state index contributed by atoms with van der Waals surface area (Å²) in [5.41, 5.74) is 0.0393. The van der Waals surface area contributed by atoms with E-state index in [-0.39, 0.29) is 59.3 Å². The summed E-state index contributed by atoms with van der Waals surface area (Å²) in [5.74, 6) is 0. The average Bonchev–Trinajstić information content (AvgIpc) is 2.00. The van der Waals surface area contributed by atoms with E-state index in [4.69, 9.17) is 0 Å². The van der Waals surface area contributed by atoms with Crippen LogP contribution in [0.5, 0.6) is 0 Å². The van der Waals surface area contributed by atoms with Gasteiger partial charge in [0.25, 0.3) is 0 Å². The molecule has 0 heterocycles. The molecule has 0 aromatic heterocycles. The largest absolute Gasteiger partial charge is 0.675 e. The monoisotopic (exact) mass is 303 g/mol. The van der Waals surface area contributed by atoms with Gasteiger partial charge in [-0.2, -0.15) is 0 Å². The summed E-state index contributed by atoms with van der Waals surface area (Å²) in [5, 5.41) is 9.28. The molecule has 0 saturated heterocycles. The van der Waals surface area contributed by atoms with Gasteiger partial charge in [-0.3, -0.25) is 0 Å². The van der Waals surface area contributed by atoms with Crippen molar-refractivity contribution in [3.8, 4) is 0 Å². The zero-order chi connectivity index (χ0) is 10.5. The first-order valence-corrected chi connectivity index (χ1v) is 5.31. The minimum atomic E-state index is 0.